The van der Waals surface area contributed by atoms with Gasteiger partial charge in [-0.25, -0.2) is 0 Å². The number of nitrogens with zero attached hydrogens (tertiary/aromatic N) is 2. The van der Waals surface area contributed by atoms with E-state index in [1.807, 2.05) is 42.5 Å². The Hall–Kier alpha value is -3.04. The highest BCUT2D eigenvalue weighted by molar-refractivity contribution is 5.89. The van der Waals surface area contributed by atoms with Gasteiger partial charge in [-0.2, -0.15) is 10.5 Å². The zero-order valence-electron chi connectivity index (χ0n) is 13.2. The van der Waals surface area contributed by atoms with Gasteiger partial charge < -0.3 is 4.74 Å². The fourth-order valence-corrected chi connectivity index (χ4v) is 5.08. The lowest BCUT2D eigenvalue weighted by Crippen LogP contribution is -2.09. The second kappa shape index (κ2) is 4.28. The first kappa shape index (κ1) is 13.4. The Bertz CT molecular complexity index is 993. The minimum atomic E-state index is -0.467. The number of hydrogen-bond donors (Lipinski definition) is 0. The molecular weight excluding hydrogens is 296 g/mol. The summed E-state index contributed by atoms with van der Waals surface area (Å²) in [6.45, 7) is 0. The summed E-state index contributed by atoms with van der Waals surface area (Å²) < 4.78 is 5.37. The third-order valence-corrected chi connectivity index (χ3v) is 5.96. The maximum Gasteiger partial charge on any atom is 0.119 e. The maximum atomic E-state index is 10.0. The largest absolute Gasteiger partial charge is 0.497 e. The zero-order valence-corrected chi connectivity index (χ0v) is 13.2. The van der Waals surface area contributed by atoms with Gasteiger partial charge in [-0.3, -0.25) is 0 Å². The number of methoxy groups -OCH3 is 1. The van der Waals surface area contributed by atoms with Gasteiger partial charge in [0.1, 0.15) is 5.75 Å². The highest BCUT2D eigenvalue weighted by Crippen LogP contribution is 2.85. The monoisotopic (exact) mass is 310 g/mol. The molecule has 2 aromatic carbocycles. The number of allylic oxidation sites excluding steroid dienone is 2. The van der Waals surface area contributed by atoms with E-state index in [1.54, 1.807) is 7.11 Å². The fraction of sp³-hybridized carbons (Fsp3) is 0.238. The van der Waals surface area contributed by atoms with Gasteiger partial charge in [0.2, 0.25) is 0 Å². The van der Waals surface area contributed by atoms with Crippen LogP contribution in [0.1, 0.15) is 28.5 Å². The van der Waals surface area contributed by atoms with Crippen molar-refractivity contribution >= 4 is 5.57 Å². The van der Waals surface area contributed by atoms with Gasteiger partial charge >= 0.3 is 0 Å². The maximum absolute atomic E-state index is 10.0. The lowest BCUT2D eigenvalue weighted by atomic mass is 9.85. The van der Waals surface area contributed by atoms with Crippen LogP contribution in [-0.2, 0) is 0 Å². The van der Waals surface area contributed by atoms with Crippen molar-refractivity contribution < 1.29 is 4.74 Å². The lowest BCUT2D eigenvalue weighted by Gasteiger charge is -2.14. The van der Waals surface area contributed by atoms with Crippen molar-refractivity contribution in [3.63, 3.8) is 0 Å². The molecule has 0 saturated heterocycles. The molecule has 0 radical (unpaired) electrons. The summed E-state index contributed by atoms with van der Waals surface area (Å²) >= 11 is 0. The average molecular weight is 310 g/mol. The van der Waals surface area contributed by atoms with Crippen LogP contribution in [0.25, 0.3) is 5.57 Å². The third-order valence-electron chi connectivity index (χ3n) is 5.96. The van der Waals surface area contributed by atoms with Gasteiger partial charge in [-0.05, 0) is 34.4 Å². The molecule has 3 aliphatic rings. The molecule has 0 heterocycles. The molecule has 0 aliphatic heterocycles. The van der Waals surface area contributed by atoms with Crippen LogP contribution in [0.3, 0.4) is 0 Å². The van der Waals surface area contributed by atoms with E-state index in [0.29, 0.717) is 0 Å². The van der Waals surface area contributed by atoms with Crippen molar-refractivity contribution in [2.24, 2.45) is 11.3 Å². The molecule has 2 aromatic rings. The molecule has 1 fully saturated rings. The van der Waals surface area contributed by atoms with E-state index >= 15 is 0 Å². The molecule has 3 heteroatoms. The molecule has 1 saturated carbocycles. The summed E-state index contributed by atoms with van der Waals surface area (Å²) in [5.74, 6) is 1.03. The molecule has 5 rings (SSSR count). The van der Waals surface area contributed by atoms with Gasteiger partial charge in [0, 0.05) is 23.3 Å². The molecule has 3 aliphatic carbocycles. The molecular formula is C21H14N2O. The summed E-state index contributed by atoms with van der Waals surface area (Å²) in [4.78, 5) is 0. The molecule has 0 bridgehead atoms. The van der Waals surface area contributed by atoms with Crippen LogP contribution >= 0.6 is 0 Å². The highest BCUT2D eigenvalue weighted by atomic mass is 16.5. The lowest BCUT2D eigenvalue weighted by molar-refractivity contribution is 0.414. The predicted molar refractivity (Wildman–Crippen MR) is 89.0 cm³/mol. The molecule has 0 N–H and O–H groups in total. The topological polar surface area (TPSA) is 56.8 Å². The van der Waals surface area contributed by atoms with Crippen LogP contribution < -0.4 is 4.74 Å². The molecule has 0 amide bonds. The SMILES string of the molecule is COc1ccc2c(c1)C1C3C(c4ccccc4)=C(C#N)[C@H]2[C@@]31C#N. The number of fused-ring (bicyclic) bond motifs is 4. The molecule has 24 heavy (non-hydrogen) atoms. The van der Waals surface area contributed by atoms with Crippen LogP contribution in [0, 0.1) is 34.0 Å². The Morgan fingerprint density at radius 3 is 2.46 bits per heavy atom. The van der Waals surface area contributed by atoms with Crippen molar-refractivity contribution in [3.05, 3.63) is 70.8 Å². The van der Waals surface area contributed by atoms with E-state index < -0.39 is 5.41 Å². The Labute approximate surface area is 140 Å². The number of rotatable bonds is 2. The normalized spacial score (nSPS) is 31.0. The van der Waals surface area contributed by atoms with E-state index in [2.05, 4.69) is 18.2 Å². The fourth-order valence-electron chi connectivity index (χ4n) is 5.08. The highest BCUT2D eigenvalue weighted by Gasteiger charge is 2.79. The Morgan fingerprint density at radius 1 is 1.00 bits per heavy atom. The summed E-state index contributed by atoms with van der Waals surface area (Å²) in [6.07, 6.45) is 0. The first-order valence-electron chi connectivity index (χ1n) is 8.06. The van der Waals surface area contributed by atoms with Crippen molar-refractivity contribution in [2.45, 2.75) is 11.8 Å². The molecule has 3 nitrogen and oxygen atoms in total. The average Bonchev–Trinajstić information content (AvgIpc) is 3.13. The van der Waals surface area contributed by atoms with Gasteiger partial charge in [-0.15, -0.1) is 0 Å². The van der Waals surface area contributed by atoms with Crippen molar-refractivity contribution in [3.8, 4) is 17.9 Å². The molecule has 4 atom stereocenters. The van der Waals surface area contributed by atoms with E-state index in [4.69, 9.17) is 4.74 Å². The first-order valence-corrected chi connectivity index (χ1v) is 8.06. The smallest absolute Gasteiger partial charge is 0.119 e. The second-order valence-electron chi connectivity index (χ2n) is 6.73. The van der Waals surface area contributed by atoms with E-state index in [-0.39, 0.29) is 17.8 Å². The van der Waals surface area contributed by atoms with Crippen LogP contribution in [0.15, 0.2) is 54.1 Å². The van der Waals surface area contributed by atoms with E-state index in [1.165, 1.54) is 5.56 Å². The molecule has 114 valence electrons. The van der Waals surface area contributed by atoms with Gasteiger partial charge in [-0.1, -0.05) is 36.4 Å². The Morgan fingerprint density at radius 2 is 1.79 bits per heavy atom. The second-order valence-corrected chi connectivity index (χ2v) is 6.73. The zero-order chi connectivity index (χ0) is 16.5. The minimum absolute atomic E-state index is 0.0985. The van der Waals surface area contributed by atoms with Crippen molar-refractivity contribution in [1.82, 2.24) is 0 Å². The van der Waals surface area contributed by atoms with Gasteiger partial charge in [0.15, 0.2) is 0 Å². The summed E-state index contributed by atoms with van der Waals surface area (Å²) in [5.41, 5.74) is 4.76. The predicted octanol–water partition coefficient (Wildman–Crippen LogP) is 4.01. The van der Waals surface area contributed by atoms with E-state index in [9.17, 15) is 10.5 Å². The summed E-state index contributed by atoms with van der Waals surface area (Å²) in [6, 6.07) is 21.1. The molecule has 0 aromatic heterocycles. The third kappa shape index (κ3) is 1.29. The van der Waals surface area contributed by atoms with Gasteiger partial charge in [0.25, 0.3) is 0 Å². The van der Waals surface area contributed by atoms with Crippen LogP contribution in [0.2, 0.25) is 0 Å². The summed E-state index contributed by atoms with van der Waals surface area (Å²) in [5, 5.41) is 19.9. The number of benzene rings is 2. The first-order chi connectivity index (χ1) is 11.8. The van der Waals surface area contributed by atoms with Gasteiger partial charge in [0.05, 0.1) is 24.7 Å². The number of nitriles is 2. The standard InChI is InChI=1S/C21H14N2O/c1-24-13-7-8-14-15(9-13)19-20-17(12-5-3-2-4-6-12)16(10-22)18(14)21(19,20)11-23/h2-9,18-20H,1H3/t18-,19?,20?,21+/m0/s1. The number of ether oxygens (including phenoxy) is 1. The Kier molecular flexibility index (Phi) is 2.39. The quantitative estimate of drug-likeness (QED) is 0.842. The van der Waals surface area contributed by atoms with Crippen LogP contribution in [-0.4, -0.2) is 7.11 Å². The van der Waals surface area contributed by atoms with E-state index in [0.717, 1.165) is 28.0 Å². The molecule has 2 unspecified atom stereocenters. The number of hydrogen-bond acceptors (Lipinski definition) is 3. The summed E-state index contributed by atoms with van der Waals surface area (Å²) in [7, 11) is 1.66. The van der Waals surface area contributed by atoms with Crippen LogP contribution in [0.5, 0.6) is 5.75 Å². The van der Waals surface area contributed by atoms with Crippen molar-refractivity contribution in [1.29, 1.82) is 10.5 Å². The molecule has 0 spiro atoms. The van der Waals surface area contributed by atoms with Crippen LogP contribution in [0.4, 0.5) is 0 Å². The Balaban J connectivity index is 1.76. The van der Waals surface area contributed by atoms with Crippen molar-refractivity contribution in [2.75, 3.05) is 7.11 Å². The minimum Gasteiger partial charge on any atom is -0.497 e.